The molecule has 4 rings (SSSR count). The van der Waals surface area contributed by atoms with Gasteiger partial charge in [-0.2, -0.15) is 0 Å². The van der Waals surface area contributed by atoms with Gasteiger partial charge in [0.25, 0.3) is 5.56 Å². The van der Waals surface area contributed by atoms with Gasteiger partial charge in [-0.1, -0.05) is 23.7 Å². The Labute approximate surface area is 187 Å². The third kappa shape index (κ3) is 4.15. The number of rotatable bonds is 5. The molecule has 0 saturated carbocycles. The van der Waals surface area contributed by atoms with E-state index in [4.69, 9.17) is 11.6 Å². The number of aromatic nitrogens is 2. The lowest BCUT2D eigenvalue weighted by Crippen LogP contribution is -2.31. The van der Waals surface area contributed by atoms with Crippen LogP contribution in [0.3, 0.4) is 0 Å². The molecule has 0 aliphatic rings. The average Bonchev–Trinajstić information content (AvgIpc) is 3.19. The molecule has 0 fully saturated rings. The summed E-state index contributed by atoms with van der Waals surface area (Å²) in [5, 5.41) is 5.75. The predicted molar refractivity (Wildman–Crippen MR) is 124 cm³/mol. The highest BCUT2D eigenvalue weighted by Gasteiger charge is 2.20. The van der Waals surface area contributed by atoms with Crippen LogP contribution in [0.25, 0.3) is 21.3 Å². The number of thiophene rings is 1. The molecular weight excluding hydrogens is 434 g/mol. The molecule has 31 heavy (non-hydrogen) atoms. The lowest BCUT2D eigenvalue weighted by atomic mass is 10.1. The van der Waals surface area contributed by atoms with Gasteiger partial charge < -0.3 is 5.32 Å². The van der Waals surface area contributed by atoms with Crippen molar-refractivity contribution in [1.82, 2.24) is 9.55 Å². The van der Waals surface area contributed by atoms with Gasteiger partial charge in [0.15, 0.2) is 5.78 Å². The normalized spacial score (nSPS) is 12.0. The number of carbonyl (C=O) groups is 2. The zero-order chi connectivity index (χ0) is 22.1. The summed E-state index contributed by atoms with van der Waals surface area (Å²) in [6, 6.07) is 13.0. The molecule has 1 unspecified atom stereocenters. The topological polar surface area (TPSA) is 81.1 Å². The van der Waals surface area contributed by atoms with Crippen LogP contribution in [0.15, 0.2) is 65.0 Å². The van der Waals surface area contributed by atoms with Crippen molar-refractivity contribution in [1.29, 1.82) is 0 Å². The largest absolute Gasteiger partial charge is 0.324 e. The van der Waals surface area contributed by atoms with E-state index in [1.807, 2.05) is 17.5 Å². The molecule has 8 heteroatoms. The molecule has 0 bridgehead atoms. The van der Waals surface area contributed by atoms with Crippen molar-refractivity contribution in [3.63, 3.8) is 0 Å². The fourth-order valence-electron chi connectivity index (χ4n) is 3.22. The highest BCUT2D eigenvalue weighted by molar-refractivity contribution is 7.17. The molecule has 0 radical (unpaired) electrons. The van der Waals surface area contributed by atoms with Crippen LogP contribution in [0.5, 0.6) is 0 Å². The van der Waals surface area contributed by atoms with Crippen LogP contribution in [0.2, 0.25) is 5.02 Å². The monoisotopic (exact) mass is 451 g/mol. The van der Waals surface area contributed by atoms with Gasteiger partial charge in [0.05, 0.1) is 11.7 Å². The number of nitrogens with one attached hydrogen (secondary N) is 1. The van der Waals surface area contributed by atoms with Crippen LogP contribution < -0.4 is 10.9 Å². The fraction of sp³-hybridized carbons (Fsp3) is 0.130. The Kier molecular flexibility index (Phi) is 5.71. The molecule has 2 aromatic heterocycles. The second kappa shape index (κ2) is 8.45. The number of Topliss-reactive ketones (excluding diaryl/α,β-unsaturated/α-hetero) is 1. The van der Waals surface area contributed by atoms with Crippen molar-refractivity contribution in [2.45, 2.75) is 19.9 Å². The van der Waals surface area contributed by atoms with Gasteiger partial charge >= 0.3 is 0 Å². The van der Waals surface area contributed by atoms with E-state index in [1.54, 1.807) is 43.3 Å². The first-order valence-corrected chi connectivity index (χ1v) is 10.8. The first kappa shape index (κ1) is 21.0. The Morgan fingerprint density at radius 2 is 1.77 bits per heavy atom. The van der Waals surface area contributed by atoms with Gasteiger partial charge in [0.1, 0.15) is 10.9 Å². The van der Waals surface area contributed by atoms with Gasteiger partial charge in [-0.15, -0.1) is 11.3 Å². The SMILES string of the molecule is CC(=O)c1ccc(NC(=O)C(C)n2cnc3scc(-c4ccc(Cl)cc4)c3c2=O)cc1. The summed E-state index contributed by atoms with van der Waals surface area (Å²) >= 11 is 7.35. The minimum Gasteiger partial charge on any atom is -0.324 e. The van der Waals surface area contributed by atoms with E-state index in [-0.39, 0.29) is 17.2 Å². The van der Waals surface area contributed by atoms with Crippen molar-refractivity contribution in [2.75, 3.05) is 5.32 Å². The number of halogens is 1. The van der Waals surface area contributed by atoms with Crippen molar-refractivity contribution in [3.8, 4) is 11.1 Å². The summed E-state index contributed by atoms with van der Waals surface area (Å²) in [6.45, 7) is 3.12. The van der Waals surface area contributed by atoms with Gasteiger partial charge in [0, 0.05) is 27.2 Å². The zero-order valence-electron chi connectivity index (χ0n) is 16.8. The van der Waals surface area contributed by atoms with Gasteiger partial charge in [-0.05, 0) is 55.8 Å². The van der Waals surface area contributed by atoms with Crippen LogP contribution in [0.1, 0.15) is 30.2 Å². The quantitative estimate of drug-likeness (QED) is 0.424. The smallest absolute Gasteiger partial charge is 0.263 e. The van der Waals surface area contributed by atoms with E-state index >= 15 is 0 Å². The average molecular weight is 452 g/mol. The molecule has 0 aliphatic carbocycles. The zero-order valence-corrected chi connectivity index (χ0v) is 18.3. The number of fused-ring (bicyclic) bond motifs is 1. The van der Waals surface area contributed by atoms with Crippen LogP contribution >= 0.6 is 22.9 Å². The van der Waals surface area contributed by atoms with Gasteiger partial charge in [-0.3, -0.25) is 19.0 Å². The minimum absolute atomic E-state index is 0.0515. The van der Waals surface area contributed by atoms with Gasteiger partial charge in [0.2, 0.25) is 5.91 Å². The number of anilines is 1. The Balaban J connectivity index is 1.65. The Morgan fingerprint density at radius 1 is 1.10 bits per heavy atom. The van der Waals surface area contributed by atoms with Crippen LogP contribution in [0, 0.1) is 0 Å². The highest BCUT2D eigenvalue weighted by Crippen LogP contribution is 2.31. The van der Waals surface area contributed by atoms with E-state index < -0.39 is 6.04 Å². The number of hydrogen-bond acceptors (Lipinski definition) is 5. The third-order valence-electron chi connectivity index (χ3n) is 5.03. The second-order valence-corrected chi connectivity index (χ2v) is 8.39. The second-order valence-electron chi connectivity index (χ2n) is 7.09. The van der Waals surface area contributed by atoms with E-state index in [9.17, 15) is 14.4 Å². The van der Waals surface area contributed by atoms with E-state index in [0.717, 1.165) is 11.1 Å². The number of amides is 1. The van der Waals surface area contributed by atoms with Crippen molar-refractivity contribution >= 4 is 50.5 Å². The van der Waals surface area contributed by atoms with Crippen LogP contribution in [-0.4, -0.2) is 21.2 Å². The molecule has 1 N–H and O–H groups in total. The number of nitrogens with zero attached hydrogens (tertiary/aromatic N) is 2. The molecule has 2 heterocycles. The first-order chi connectivity index (χ1) is 14.8. The summed E-state index contributed by atoms with van der Waals surface area (Å²) in [6.07, 6.45) is 1.40. The number of hydrogen-bond donors (Lipinski definition) is 1. The maximum atomic E-state index is 13.3. The minimum atomic E-state index is -0.783. The van der Waals surface area contributed by atoms with Crippen LogP contribution in [0.4, 0.5) is 5.69 Å². The van der Waals surface area contributed by atoms with Crippen molar-refractivity contribution in [3.05, 3.63) is 81.2 Å². The molecule has 1 amide bonds. The molecule has 156 valence electrons. The summed E-state index contributed by atoms with van der Waals surface area (Å²) in [4.78, 5) is 42.4. The third-order valence-corrected chi connectivity index (χ3v) is 6.17. The van der Waals surface area contributed by atoms with Crippen molar-refractivity contribution in [2.24, 2.45) is 0 Å². The molecule has 2 aromatic carbocycles. The Bertz CT molecular complexity index is 1340. The van der Waals surface area contributed by atoms with Crippen molar-refractivity contribution < 1.29 is 9.59 Å². The first-order valence-electron chi connectivity index (χ1n) is 9.51. The molecule has 1 atom stereocenters. The van der Waals surface area contributed by atoms with E-state index in [0.29, 0.717) is 26.5 Å². The standard InChI is InChI=1S/C23H18ClN3O3S/c1-13(21(29)26-18-9-5-15(6-10-18)14(2)28)27-12-25-22-20(23(27)30)19(11-31-22)16-3-7-17(24)8-4-16/h3-13H,1-2H3,(H,26,29). The molecule has 0 saturated heterocycles. The van der Waals surface area contributed by atoms with E-state index in [2.05, 4.69) is 10.3 Å². The predicted octanol–water partition coefficient (Wildman–Crippen LogP) is 5.18. The number of benzene rings is 2. The molecule has 4 aromatic rings. The van der Waals surface area contributed by atoms with E-state index in [1.165, 1.54) is 29.2 Å². The molecule has 0 spiro atoms. The van der Waals surface area contributed by atoms with Crippen LogP contribution in [-0.2, 0) is 4.79 Å². The lowest BCUT2D eigenvalue weighted by Gasteiger charge is -2.15. The molecule has 0 aliphatic heterocycles. The Morgan fingerprint density at radius 3 is 2.42 bits per heavy atom. The summed E-state index contributed by atoms with van der Waals surface area (Å²) in [7, 11) is 0. The molecule has 6 nitrogen and oxygen atoms in total. The Hall–Kier alpha value is -3.29. The maximum absolute atomic E-state index is 13.3. The summed E-state index contributed by atoms with van der Waals surface area (Å²) < 4.78 is 1.33. The number of carbonyl (C=O) groups excluding carboxylic acids is 2. The summed E-state index contributed by atoms with van der Waals surface area (Å²) in [5.41, 5.74) is 2.43. The molecular formula is C23H18ClN3O3S. The highest BCUT2D eigenvalue weighted by atomic mass is 35.5. The fourth-order valence-corrected chi connectivity index (χ4v) is 4.26. The lowest BCUT2D eigenvalue weighted by molar-refractivity contribution is -0.118. The summed E-state index contributed by atoms with van der Waals surface area (Å²) in [5.74, 6) is -0.411. The van der Waals surface area contributed by atoms with Gasteiger partial charge in [-0.25, -0.2) is 4.98 Å². The number of ketones is 1. The maximum Gasteiger partial charge on any atom is 0.263 e.